The highest BCUT2D eigenvalue weighted by atomic mass is 32.1. The molecule has 0 bridgehead atoms. The Morgan fingerprint density at radius 1 is 1.56 bits per heavy atom. The highest BCUT2D eigenvalue weighted by molar-refractivity contribution is 7.80. The predicted molar refractivity (Wildman–Crippen MR) is 73.5 cm³/mol. The number of aryl methyl sites for hydroxylation is 1. The molecule has 2 rings (SSSR count). The molecule has 0 fully saturated rings. The van der Waals surface area contributed by atoms with Gasteiger partial charge in [0.2, 0.25) is 0 Å². The molecule has 1 heterocycles. The van der Waals surface area contributed by atoms with Crippen molar-refractivity contribution in [1.29, 1.82) is 0 Å². The number of halogens is 1. The zero-order chi connectivity index (χ0) is 13.1. The van der Waals surface area contributed by atoms with Crippen LogP contribution in [0, 0.1) is 12.7 Å². The van der Waals surface area contributed by atoms with Gasteiger partial charge >= 0.3 is 0 Å². The Kier molecular flexibility index (Phi) is 3.88. The molecule has 0 atom stereocenters. The molecule has 1 aromatic carbocycles. The summed E-state index contributed by atoms with van der Waals surface area (Å²) < 4.78 is 19.0. The van der Waals surface area contributed by atoms with Gasteiger partial charge < -0.3 is 10.5 Å². The minimum atomic E-state index is -0.477. The maximum atomic E-state index is 13.6. The van der Waals surface area contributed by atoms with E-state index in [1.807, 2.05) is 12.3 Å². The van der Waals surface area contributed by atoms with Crippen LogP contribution in [0.5, 0.6) is 5.75 Å². The molecule has 18 heavy (non-hydrogen) atoms. The summed E-state index contributed by atoms with van der Waals surface area (Å²) in [4.78, 5) is 4.29. The largest absolute Gasteiger partial charge is 0.487 e. The van der Waals surface area contributed by atoms with E-state index in [4.69, 9.17) is 22.7 Å². The smallest absolute Gasteiger partial charge is 0.137 e. The lowest BCUT2D eigenvalue weighted by molar-refractivity contribution is 0.300. The van der Waals surface area contributed by atoms with Gasteiger partial charge in [-0.2, -0.15) is 0 Å². The van der Waals surface area contributed by atoms with Crippen molar-refractivity contribution in [1.82, 2.24) is 4.98 Å². The monoisotopic (exact) mass is 282 g/mol. The Bertz CT molecular complexity index is 583. The number of rotatable bonds is 4. The molecule has 0 aliphatic heterocycles. The Morgan fingerprint density at radius 3 is 2.89 bits per heavy atom. The lowest BCUT2D eigenvalue weighted by atomic mass is 10.2. The van der Waals surface area contributed by atoms with E-state index >= 15 is 0 Å². The number of aromatic nitrogens is 1. The summed E-state index contributed by atoms with van der Waals surface area (Å²) in [6.07, 6.45) is 0. The minimum absolute atomic E-state index is 0.0363. The van der Waals surface area contributed by atoms with Crippen LogP contribution in [0.25, 0.3) is 0 Å². The molecule has 0 amide bonds. The van der Waals surface area contributed by atoms with Crippen molar-refractivity contribution in [3.63, 3.8) is 0 Å². The summed E-state index contributed by atoms with van der Waals surface area (Å²) in [5, 5.41) is 2.89. The van der Waals surface area contributed by atoms with Crippen LogP contribution in [0.1, 0.15) is 16.3 Å². The lowest BCUT2D eigenvalue weighted by Crippen LogP contribution is -2.11. The van der Waals surface area contributed by atoms with E-state index in [1.54, 1.807) is 17.4 Å². The Morgan fingerprint density at radius 2 is 2.33 bits per heavy atom. The summed E-state index contributed by atoms with van der Waals surface area (Å²) in [6.45, 7) is 2.24. The molecule has 0 unspecified atom stereocenters. The first-order valence-corrected chi connectivity index (χ1v) is 6.48. The van der Waals surface area contributed by atoms with Crippen molar-refractivity contribution in [3.8, 4) is 5.75 Å². The van der Waals surface area contributed by atoms with Crippen LogP contribution in [0.15, 0.2) is 23.6 Å². The Labute approximate surface area is 113 Å². The molecular formula is C12H11FN2OS2. The van der Waals surface area contributed by atoms with Gasteiger partial charge in [0.15, 0.2) is 0 Å². The number of thiazole rings is 1. The number of nitrogens with zero attached hydrogens (tertiary/aromatic N) is 1. The molecule has 6 heteroatoms. The van der Waals surface area contributed by atoms with Crippen molar-refractivity contribution < 1.29 is 9.13 Å². The maximum Gasteiger partial charge on any atom is 0.137 e. The van der Waals surface area contributed by atoms with Gasteiger partial charge in [-0.1, -0.05) is 12.2 Å². The third-order valence-electron chi connectivity index (χ3n) is 2.26. The van der Waals surface area contributed by atoms with Gasteiger partial charge in [0.05, 0.1) is 10.7 Å². The van der Waals surface area contributed by atoms with Crippen LogP contribution in [0.2, 0.25) is 0 Å². The fourth-order valence-electron chi connectivity index (χ4n) is 1.42. The summed E-state index contributed by atoms with van der Waals surface area (Å²) in [7, 11) is 0. The minimum Gasteiger partial charge on any atom is -0.487 e. The summed E-state index contributed by atoms with van der Waals surface area (Å²) >= 11 is 6.28. The molecule has 2 N–H and O–H groups in total. The molecule has 0 aliphatic carbocycles. The van der Waals surface area contributed by atoms with Crippen LogP contribution in [-0.4, -0.2) is 9.97 Å². The van der Waals surface area contributed by atoms with Crippen LogP contribution in [0.3, 0.4) is 0 Å². The molecule has 0 saturated carbocycles. The van der Waals surface area contributed by atoms with Gasteiger partial charge in [-0.15, -0.1) is 11.3 Å². The summed E-state index contributed by atoms with van der Waals surface area (Å²) in [5.41, 5.74) is 6.43. The SMILES string of the molecule is Cc1nc(COc2ccc(C(N)=S)c(F)c2)cs1. The van der Waals surface area contributed by atoms with Gasteiger partial charge in [0, 0.05) is 17.0 Å². The van der Waals surface area contributed by atoms with E-state index in [0.717, 1.165) is 10.7 Å². The highest BCUT2D eigenvalue weighted by Gasteiger charge is 2.07. The Balaban J connectivity index is 2.06. The van der Waals surface area contributed by atoms with E-state index < -0.39 is 5.82 Å². The normalized spacial score (nSPS) is 10.3. The second kappa shape index (κ2) is 5.41. The zero-order valence-corrected chi connectivity index (χ0v) is 11.3. The van der Waals surface area contributed by atoms with Crippen LogP contribution >= 0.6 is 23.6 Å². The first-order valence-electron chi connectivity index (χ1n) is 5.19. The predicted octanol–water partition coefficient (Wildman–Crippen LogP) is 2.80. The number of hydrogen-bond donors (Lipinski definition) is 1. The summed E-state index contributed by atoms with van der Waals surface area (Å²) in [6, 6.07) is 4.42. The molecule has 2 aromatic rings. The maximum absolute atomic E-state index is 13.6. The third-order valence-corrected chi connectivity index (χ3v) is 3.30. The Hall–Kier alpha value is -1.53. The van der Waals surface area contributed by atoms with Gasteiger partial charge in [0.1, 0.15) is 23.2 Å². The number of benzene rings is 1. The van der Waals surface area contributed by atoms with E-state index in [2.05, 4.69) is 4.98 Å². The molecule has 3 nitrogen and oxygen atoms in total. The fourth-order valence-corrected chi connectivity index (χ4v) is 2.18. The van der Waals surface area contributed by atoms with E-state index in [9.17, 15) is 4.39 Å². The average Bonchev–Trinajstić information content (AvgIpc) is 2.72. The van der Waals surface area contributed by atoms with Crippen LogP contribution in [0.4, 0.5) is 4.39 Å². The first-order chi connectivity index (χ1) is 8.56. The van der Waals surface area contributed by atoms with Crippen molar-refractivity contribution in [2.45, 2.75) is 13.5 Å². The molecule has 0 saturated heterocycles. The van der Waals surface area contributed by atoms with Gasteiger partial charge in [-0.3, -0.25) is 0 Å². The van der Waals surface area contributed by atoms with E-state index in [0.29, 0.717) is 12.4 Å². The second-order valence-corrected chi connectivity index (χ2v) is 5.15. The second-order valence-electron chi connectivity index (χ2n) is 3.65. The molecule has 1 aromatic heterocycles. The van der Waals surface area contributed by atoms with Crippen molar-refractivity contribution in [2.24, 2.45) is 5.73 Å². The number of hydrogen-bond acceptors (Lipinski definition) is 4. The molecule has 0 aliphatic rings. The van der Waals surface area contributed by atoms with Crippen LogP contribution < -0.4 is 10.5 Å². The summed E-state index contributed by atoms with van der Waals surface area (Å²) in [5.74, 6) is -0.0485. The van der Waals surface area contributed by atoms with Crippen LogP contribution in [-0.2, 0) is 6.61 Å². The average molecular weight is 282 g/mol. The fraction of sp³-hybridized carbons (Fsp3) is 0.167. The van der Waals surface area contributed by atoms with Crippen molar-refractivity contribution >= 4 is 28.5 Å². The van der Waals surface area contributed by atoms with Gasteiger partial charge in [0.25, 0.3) is 0 Å². The third kappa shape index (κ3) is 3.02. The quantitative estimate of drug-likeness (QED) is 0.876. The van der Waals surface area contributed by atoms with Crippen molar-refractivity contribution in [3.05, 3.63) is 45.7 Å². The molecule has 94 valence electrons. The molecule has 0 radical (unpaired) electrons. The number of ether oxygens (including phenoxy) is 1. The lowest BCUT2D eigenvalue weighted by Gasteiger charge is -2.06. The molecule has 0 spiro atoms. The number of nitrogens with two attached hydrogens (primary N) is 1. The number of thiocarbonyl (C=S) groups is 1. The molecular weight excluding hydrogens is 271 g/mol. The van der Waals surface area contributed by atoms with E-state index in [-0.39, 0.29) is 10.6 Å². The zero-order valence-electron chi connectivity index (χ0n) is 9.64. The highest BCUT2D eigenvalue weighted by Crippen LogP contribution is 2.18. The first kappa shape index (κ1) is 12.9. The standard InChI is InChI=1S/C12H11FN2OS2/c1-7-15-8(6-18-7)5-16-9-2-3-10(12(14)17)11(13)4-9/h2-4,6H,5H2,1H3,(H2,14,17). The van der Waals surface area contributed by atoms with Crippen molar-refractivity contribution in [2.75, 3.05) is 0 Å². The topological polar surface area (TPSA) is 48.1 Å². The van der Waals surface area contributed by atoms with E-state index in [1.165, 1.54) is 12.1 Å². The van der Waals surface area contributed by atoms with Gasteiger partial charge in [-0.25, -0.2) is 9.37 Å². The van der Waals surface area contributed by atoms with Gasteiger partial charge in [-0.05, 0) is 19.1 Å².